The quantitative estimate of drug-likeness (QED) is 0.382. The molecule has 1 amide bonds. The molecule has 1 aromatic heterocycles. The molecule has 2 aromatic rings. The van der Waals surface area contributed by atoms with Crippen molar-refractivity contribution in [1.82, 2.24) is 10.4 Å². The number of carbonyl (C=O) groups excluding carboxylic acids is 1. The van der Waals surface area contributed by atoms with Gasteiger partial charge in [-0.3, -0.25) is 10.2 Å². The Kier molecular flexibility index (Phi) is 3.88. The minimum absolute atomic E-state index is 0.133. The van der Waals surface area contributed by atoms with E-state index in [2.05, 4.69) is 10.4 Å². The van der Waals surface area contributed by atoms with Crippen molar-refractivity contribution in [1.29, 1.82) is 0 Å². The zero-order valence-electron chi connectivity index (χ0n) is 10.2. The lowest BCUT2D eigenvalue weighted by molar-refractivity contribution is -0.121. The van der Waals surface area contributed by atoms with Gasteiger partial charge in [-0.15, -0.1) is 0 Å². The van der Waals surface area contributed by atoms with Crippen LogP contribution in [-0.2, 0) is 4.79 Å². The van der Waals surface area contributed by atoms with E-state index in [4.69, 9.17) is 10.3 Å². The number of carbonyl (C=O) groups is 1. The van der Waals surface area contributed by atoms with Gasteiger partial charge in [0.1, 0.15) is 5.52 Å². The fraction of sp³-hybridized carbons (Fsp3) is 0.333. The number of hydrogen-bond donors (Lipinski definition) is 2. The molecule has 0 aliphatic rings. The molecular formula is C12H15N3O2S. The highest BCUT2D eigenvalue weighted by Gasteiger charge is 2.25. The van der Waals surface area contributed by atoms with Gasteiger partial charge in [-0.2, -0.15) is 0 Å². The third kappa shape index (κ3) is 2.65. The van der Waals surface area contributed by atoms with Crippen LogP contribution in [0, 0.1) is 5.92 Å². The first-order chi connectivity index (χ1) is 8.61. The van der Waals surface area contributed by atoms with Crippen molar-refractivity contribution >= 4 is 28.8 Å². The van der Waals surface area contributed by atoms with E-state index in [1.165, 1.54) is 11.8 Å². The summed E-state index contributed by atoms with van der Waals surface area (Å²) in [5, 5.41) is 0.168. The molecule has 1 aromatic carbocycles. The molecule has 3 N–H and O–H groups in total. The number of nitrogens with one attached hydrogen (secondary N) is 1. The Morgan fingerprint density at radius 2 is 2.17 bits per heavy atom. The number of hydrogen-bond acceptors (Lipinski definition) is 5. The number of hydrazine groups is 1. The summed E-state index contributed by atoms with van der Waals surface area (Å²) in [5.74, 6) is 5.08. The van der Waals surface area contributed by atoms with Crippen molar-refractivity contribution in [2.75, 3.05) is 0 Å². The predicted molar refractivity (Wildman–Crippen MR) is 70.8 cm³/mol. The van der Waals surface area contributed by atoms with E-state index in [-0.39, 0.29) is 17.1 Å². The molecule has 0 saturated heterocycles. The summed E-state index contributed by atoms with van der Waals surface area (Å²) in [6.07, 6.45) is 0. The fourth-order valence-corrected chi connectivity index (χ4v) is 2.54. The molecular weight excluding hydrogens is 250 g/mol. The number of aromatic nitrogens is 1. The number of benzene rings is 1. The van der Waals surface area contributed by atoms with Crippen molar-refractivity contribution in [2.24, 2.45) is 11.8 Å². The second kappa shape index (κ2) is 5.41. The Balaban J connectivity index is 2.23. The second-order valence-corrected chi connectivity index (χ2v) is 5.33. The van der Waals surface area contributed by atoms with Gasteiger partial charge in [-0.05, 0) is 18.1 Å². The number of fused-ring (bicyclic) bond motifs is 1. The summed E-state index contributed by atoms with van der Waals surface area (Å²) in [6.45, 7) is 3.91. The maximum atomic E-state index is 11.6. The highest BCUT2D eigenvalue weighted by atomic mass is 32.2. The van der Waals surface area contributed by atoms with Gasteiger partial charge in [0, 0.05) is 0 Å². The van der Waals surface area contributed by atoms with Crippen LogP contribution in [0.4, 0.5) is 0 Å². The Hall–Kier alpha value is -1.53. The van der Waals surface area contributed by atoms with Crippen LogP contribution in [0.15, 0.2) is 33.9 Å². The molecule has 0 radical (unpaired) electrons. The van der Waals surface area contributed by atoms with Crippen LogP contribution in [0.25, 0.3) is 11.1 Å². The molecule has 0 saturated carbocycles. The van der Waals surface area contributed by atoms with Crippen molar-refractivity contribution < 1.29 is 9.21 Å². The van der Waals surface area contributed by atoms with Crippen LogP contribution in [0.1, 0.15) is 13.8 Å². The van der Waals surface area contributed by atoms with Gasteiger partial charge in [0.15, 0.2) is 5.58 Å². The van der Waals surface area contributed by atoms with Gasteiger partial charge in [0.05, 0.1) is 5.25 Å². The summed E-state index contributed by atoms with van der Waals surface area (Å²) < 4.78 is 5.57. The van der Waals surface area contributed by atoms with Crippen LogP contribution < -0.4 is 11.3 Å². The Morgan fingerprint density at radius 1 is 1.44 bits per heavy atom. The van der Waals surface area contributed by atoms with Gasteiger partial charge in [0.2, 0.25) is 5.91 Å². The third-order valence-electron chi connectivity index (χ3n) is 2.51. The first-order valence-corrected chi connectivity index (χ1v) is 6.52. The van der Waals surface area contributed by atoms with Gasteiger partial charge >= 0.3 is 0 Å². The molecule has 0 bridgehead atoms. The monoisotopic (exact) mass is 265 g/mol. The van der Waals surface area contributed by atoms with E-state index in [0.717, 1.165) is 11.1 Å². The molecule has 1 heterocycles. The van der Waals surface area contributed by atoms with Crippen molar-refractivity contribution in [3.63, 3.8) is 0 Å². The van der Waals surface area contributed by atoms with Crippen molar-refractivity contribution in [2.45, 2.75) is 24.3 Å². The molecule has 2 rings (SSSR count). The Labute approximate surface area is 109 Å². The standard InChI is InChI=1S/C12H15N3O2S/c1-7(2)10(11(16)15-13)18-12-14-8-5-3-4-6-9(8)17-12/h3-7,10H,13H2,1-2H3,(H,15,16). The Morgan fingerprint density at radius 3 is 2.78 bits per heavy atom. The number of nitrogens with two attached hydrogens (primary N) is 1. The van der Waals surface area contributed by atoms with Crippen molar-refractivity contribution in [3.8, 4) is 0 Å². The number of oxazole rings is 1. The van der Waals surface area contributed by atoms with E-state index in [1.807, 2.05) is 38.1 Å². The zero-order chi connectivity index (χ0) is 13.1. The molecule has 0 fully saturated rings. The van der Waals surface area contributed by atoms with Crippen LogP contribution in [-0.4, -0.2) is 16.1 Å². The average Bonchev–Trinajstić information content (AvgIpc) is 2.77. The lowest BCUT2D eigenvalue weighted by Crippen LogP contribution is -2.39. The topological polar surface area (TPSA) is 81.2 Å². The first kappa shape index (κ1) is 12.9. The van der Waals surface area contributed by atoms with Crippen LogP contribution in [0.3, 0.4) is 0 Å². The summed E-state index contributed by atoms with van der Waals surface area (Å²) in [7, 11) is 0. The lowest BCUT2D eigenvalue weighted by atomic mass is 10.1. The second-order valence-electron chi connectivity index (χ2n) is 4.24. The van der Waals surface area contributed by atoms with E-state index in [0.29, 0.717) is 5.22 Å². The van der Waals surface area contributed by atoms with E-state index in [9.17, 15) is 4.79 Å². The van der Waals surface area contributed by atoms with E-state index in [1.54, 1.807) is 0 Å². The summed E-state index contributed by atoms with van der Waals surface area (Å²) >= 11 is 1.29. The maximum absolute atomic E-state index is 11.6. The van der Waals surface area contributed by atoms with Gasteiger partial charge in [0.25, 0.3) is 5.22 Å². The molecule has 0 aliphatic heterocycles. The highest BCUT2D eigenvalue weighted by Crippen LogP contribution is 2.30. The molecule has 1 atom stereocenters. The smallest absolute Gasteiger partial charge is 0.257 e. The first-order valence-electron chi connectivity index (χ1n) is 5.64. The molecule has 0 aliphatic carbocycles. The SMILES string of the molecule is CC(C)C(Sc1nc2ccccc2o1)C(=O)NN. The number of nitrogens with zero attached hydrogens (tertiary/aromatic N) is 1. The van der Waals surface area contributed by atoms with Crippen LogP contribution in [0.2, 0.25) is 0 Å². The third-order valence-corrected chi connectivity index (χ3v) is 3.90. The largest absolute Gasteiger partial charge is 0.431 e. The summed E-state index contributed by atoms with van der Waals surface area (Å²) in [5.41, 5.74) is 3.68. The normalized spacial score (nSPS) is 12.9. The van der Waals surface area contributed by atoms with Crippen molar-refractivity contribution in [3.05, 3.63) is 24.3 Å². The van der Waals surface area contributed by atoms with E-state index < -0.39 is 0 Å². The van der Waals surface area contributed by atoms with Gasteiger partial charge in [-0.25, -0.2) is 10.8 Å². The zero-order valence-corrected chi connectivity index (χ0v) is 11.0. The maximum Gasteiger partial charge on any atom is 0.257 e. The lowest BCUT2D eigenvalue weighted by Gasteiger charge is -2.15. The molecule has 0 spiro atoms. The number of amides is 1. The van der Waals surface area contributed by atoms with Gasteiger partial charge < -0.3 is 4.42 Å². The number of rotatable bonds is 4. The van der Waals surface area contributed by atoms with E-state index >= 15 is 0 Å². The van der Waals surface area contributed by atoms with Crippen LogP contribution in [0.5, 0.6) is 0 Å². The minimum atomic E-state index is -0.317. The molecule has 6 heteroatoms. The fourth-order valence-electron chi connectivity index (χ4n) is 1.58. The number of thioether (sulfide) groups is 1. The Bertz CT molecular complexity index is 520. The van der Waals surface area contributed by atoms with Crippen LogP contribution >= 0.6 is 11.8 Å². The highest BCUT2D eigenvalue weighted by molar-refractivity contribution is 8.00. The van der Waals surface area contributed by atoms with Gasteiger partial charge in [-0.1, -0.05) is 37.7 Å². The molecule has 1 unspecified atom stereocenters. The molecule has 18 heavy (non-hydrogen) atoms. The predicted octanol–water partition coefficient (Wildman–Crippen LogP) is 1.93. The minimum Gasteiger partial charge on any atom is -0.431 e. The average molecular weight is 265 g/mol. The number of para-hydroxylation sites is 2. The summed E-state index contributed by atoms with van der Waals surface area (Å²) in [4.78, 5) is 16.0. The summed E-state index contributed by atoms with van der Waals surface area (Å²) in [6, 6.07) is 7.50. The molecule has 96 valence electrons. The molecule has 5 nitrogen and oxygen atoms in total.